The zero-order valence-corrected chi connectivity index (χ0v) is 12.6. The SMILES string of the molecule is CCCN(CC(=O)Nc1ccc(N(C)C)cc1)C(C)=O. The van der Waals surface area contributed by atoms with E-state index in [1.807, 2.05) is 50.2 Å². The van der Waals surface area contributed by atoms with E-state index in [9.17, 15) is 9.59 Å². The molecule has 5 nitrogen and oxygen atoms in total. The van der Waals surface area contributed by atoms with Crippen molar-refractivity contribution in [3.8, 4) is 0 Å². The summed E-state index contributed by atoms with van der Waals surface area (Å²) in [5, 5.41) is 2.80. The molecule has 0 aliphatic heterocycles. The fraction of sp³-hybridized carbons (Fsp3) is 0.467. The van der Waals surface area contributed by atoms with Crippen molar-refractivity contribution < 1.29 is 9.59 Å². The fourth-order valence-corrected chi connectivity index (χ4v) is 1.83. The second kappa shape index (κ2) is 7.53. The lowest BCUT2D eigenvalue weighted by atomic mass is 10.2. The third-order valence-electron chi connectivity index (χ3n) is 2.94. The topological polar surface area (TPSA) is 52.7 Å². The first-order valence-corrected chi connectivity index (χ1v) is 6.76. The van der Waals surface area contributed by atoms with E-state index in [0.29, 0.717) is 6.54 Å². The Morgan fingerprint density at radius 2 is 1.75 bits per heavy atom. The van der Waals surface area contributed by atoms with Gasteiger partial charge in [-0.25, -0.2) is 0 Å². The van der Waals surface area contributed by atoms with Crippen LogP contribution in [-0.4, -0.2) is 43.9 Å². The Balaban J connectivity index is 2.59. The molecule has 1 N–H and O–H groups in total. The van der Waals surface area contributed by atoms with Gasteiger partial charge in [0.15, 0.2) is 0 Å². The molecule has 2 amide bonds. The maximum absolute atomic E-state index is 11.9. The van der Waals surface area contributed by atoms with Crippen LogP contribution in [0, 0.1) is 0 Å². The highest BCUT2D eigenvalue weighted by Gasteiger charge is 2.12. The maximum Gasteiger partial charge on any atom is 0.243 e. The summed E-state index contributed by atoms with van der Waals surface area (Å²) < 4.78 is 0. The molecule has 1 aromatic carbocycles. The van der Waals surface area contributed by atoms with Crippen molar-refractivity contribution in [3.05, 3.63) is 24.3 Å². The predicted molar refractivity (Wildman–Crippen MR) is 81.9 cm³/mol. The minimum atomic E-state index is -0.175. The quantitative estimate of drug-likeness (QED) is 0.864. The Labute approximate surface area is 120 Å². The summed E-state index contributed by atoms with van der Waals surface area (Å²) >= 11 is 0. The molecular formula is C15H23N3O2. The lowest BCUT2D eigenvalue weighted by Crippen LogP contribution is -2.37. The van der Waals surface area contributed by atoms with Gasteiger partial charge >= 0.3 is 0 Å². The van der Waals surface area contributed by atoms with Gasteiger partial charge in [0.1, 0.15) is 0 Å². The highest BCUT2D eigenvalue weighted by Crippen LogP contribution is 2.15. The highest BCUT2D eigenvalue weighted by atomic mass is 16.2. The standard InChI is InChI=1S/C15H23N3O2/c1-5-10-18(12(2)19)11-15(20)16-13-6-8-14(9-7-13)17(3)4/h6-9H,5,10-11H2,1-4H3,(H,16,20). The average molecular weight is 277 g/mol. The average Bonchev–Trinajstić information content (AvgIpc) is 2.38. The molecule has 0 aromatic heterocycles. The first-order chi connectivity index (χ1) is 9.43. The van der Waals surface area contributed by atoms with Gasteiger partial charge in [0, 0.05) is 38.9 Å². The van der Waals surface area contributed by atoms with E-state index in [2.05, 4.69) is 5.32 Å². The highest BCUT2D eigenvalue weighted by molar-refractivity contribution is 5.94. The van der Waals surface area contributed by atoms with Gasteiger partial charge in [-0.1, -0.05) is 6.92 Å². The zero-order valence-electron chi connectivity index (χ0n) is 12.6. The summed E-state index contributed by atoms with van der Waals surface area (Å²) in [6, 6.07) is 7.57. The predicted octanol–water partition coefficient (Wildman–Crippen LogP) is 1.95. The van der Waals surface area contributed by atoms with Gasteiger partial charge in [0.05, 0.1) is 6.54 Å². The van der Waals surface area contributed by atoms with E-state index in [1.165, 1.54) is 6.92 Å². The number of carbonyl (C=O) groups is 2. The summed E-state index contributed by atoms with van der Waals surface area (Å²) in [6.45, 7) is 4.16. The van der Waals surface area contributed by atoms with Gasteiger partial charge in [0.25, 0.3) is 0 Å². The number of anilines is 2. The van der Waals surface area contributed by atoms with Crippen LogP contribution >= 0.6 is 0 Å². The Hall–Kier alpha value is -2.04. The molecule has 0 fully saturated rings. The molecule has 0 saturated heterocycles. The number of hydrogen-bond donors (Lipinski definition) is 1. The van der Waals surface area contributed by atoms with Crippen LogP contribution in [0.2, 0.25) is 0 Å². The monoisotopic (exact) mass is 277 g/mol. The molecule has 0 heterocycles. The molecule has 0 spiro atoms. The van der Waals surface area contributed by atoms with Gasteiger partial charge in [-0.2, -0.15) is 0 Å². The molecule has 0 saturated carbocycles. The smallest absolute Gasteiger partial charge is 0.243 e. The molecule has 1 aromatic rings. The Kier molecular flexibility index (Phi) is 6.03. The zero-order chi connectivity index (χ0) is 15.1. The Morgan fingerprint density at radius 1 is 1.15 bits per heavy atom. The minimum Gasteiger partial charge on any atom is -0.378 e. The van der Waals surface area contributed by atoms with Crippen molar-refractivity contribution in [2.24, 2.45) is 0 Å². The number of nitrogens with one attached hydrogen (secondary N) is 1. The maximum atomic E-state index is 11.9. The van der Waals surface area contributed by atoms with Gasteiger partial charge in [-0.05, 0) is 30.7 Å². The van der Waals surface area contributed by atoms with E-state index in [4.69, 9.17) is 0 Å². The van der Waals surface area contributed by atoms with Crippen LogP contribution in [0.4, 0.5) is 11.4 Å². The molecule has 0 unspecified atom stereocenters. The second-order valence-electron chi connectivity index (χ2n) is 4.93. The molecule has 110 valence electrons. The molecule has 0 aliphatic rings. The number of rotatable bonds is 6. The molecular weight excluding hydrogens is 254 g/mol. The minimum absolute atomic E-state index is 0.0787. The normalized spacial score (nSPS) is 10.0. The molecule has 0 atom stereocenters. The summed E-state index contributed by atoms with van der Waals surface area (Å²) in [5.74, 6) is -0.254. The van der Waals surface area contributed by atoms with Crippen molar-refractivity contribution in [1.29, 1.82) is 0 Å². The molecule has 0 aliphatic carbocycles. The van der Waals surface area contributed by atoms with Crippen LogP contribution in [0.15, 0.2) is 24.3 Å². The largest absolute Gasteiger partial charge is 0.378 e. The number of nitrogens with zero attached hydrogens (tertiary/aromatic N) is 2. The number of amides is 2. The van der Waals surface area contributed by atoms with Crippen LogP contribution in [-0.2, 0) is 9.59 Å². The van der Waals surface area contributed by atoms with Crippen molar-refractivity contribution in [2.75, 3.05) is 37.4 Å². The third kappa shape index (κ3) is 4.91. The van der Waals surface area contributed by atoms with Crippen LogP contribution < -0.4 is 10.2 Å². The summed E-state index contributed by atoms with van der Waals surface area (Å²) in [7, 11) is 3.92. The lowest BCUT2D eigenvalue weighted by Gasteiger charge is -2.19. The number of carbonyl (C=O) groups excluding carboxylic acids is 2. The van der Waals surface area contributed by atoms with Crippen LogP contribution in [0.1, 0.15) is 20.3 Å². The number of benzene rings is 1. The molecule has 0 bridgehead atoms. The van der Waals surface area contributed by atoms with Gasteiger partial charge in [0.2, 0.25) is 11.8 Å². The van der Waals surface area contributed by atoms with E-state index < -0.39 is 0 Å². The third-order valence-corrected chi connectivity index (χ3v) is 2.94. The van der Waals surface area contributed by atoms with Crippen LogP contribution in [0.3, 0.4) is 0 Å². The molecule has 20 heavy (non-hydrogen) atoms. The van der Waals surface area contributed by atoms with Crippen molar-refractivity contribution in [1.82, 2.24) is 4.90 Å². The van der Waals surface area contributed by atoms with Crippen molar-refractivity contribution in [3.63, 3.8) is 0 Å². The van der Waals surface area contributed by atoms with Crippen molar-refractivity contribution >= 4 is 23.2 Å². The Morgan fingerprint density at radius 3 is 2.20 bits per heavy atom. The lowest BCUT2D eigenvalue weighted by molar-refractivity contribution is -0.132. The van der Waals surface area contributed by atoms with E-state index >= 15 is 0 Å². The first-order valence-electron chi connectivity index (χ1n) is 6.76. The van der Waals surface area contributed by atoms with Gasteiger partial charge in [-0.15, -0.1) is 0 Å². The van der Waals surface area contributed by atoms with Crippen molar-refractivity contribution in [2.45, 2.75) is 20.3 Å². The van der Waals surface area contributed by atoms with E-state index in [-0.39, 0.29) is 18.4 Å². The fourth-order valence-electron chi connectivity index (χ4n) is 1.83. The van der Waals surface area contributed by atoms with E-state index in [0.717, 1.165) is 17.8 Å². The summed E-state index contributed by atoms with van der Waals surface area (Å²) in [4.78, 5) is 26.8. The first kappa shape index (κ1) is 16.0. The molecule has 1 rings (SSSR count). The Bertz CT molecular complexity index is 455. The summed E-state index contributed by atoms with van der Waals surface area (Å²) in [5.41, 5.74) is 1.81. The second-order valence-corrected chi connectivity index (χ2v) is 4.93. The number of hydrogen-bond acceptors (Lipinski definition) is 3. The van der Waals surface area contributed by atoms with Gasteiger partial charge in [-0.3, -0.25) is 9.59 Å². The molecule has 0 radical (unpaired) electrons. The summed E-state index contributed by atoms with van der Waals surface area (Å²) in [6.07, 6.45) is 0.838. The van der Waals surface area contributed by atoms with Gasteiger partial charge < -0.3 is 15.1 Å². The van der Waals surface area contributed by atoms with Crippen LogP contribution in [0.5, 0.6) is 0 Å². The molecule has 5 heteroatoms. The van der Waals surface area contributed by atoms with Crippen LogP contribution in [0.25, 0.3) is 0 Å². The van der Waals surface area contributed by atoms with E-state index in [1.54, 1.807) is 4.90 Å².